The van der Waals surface area contributed by atoms with E-state index >= 15 is 0 Å². The smallest absolute Gasteiger partial charge is 0.358 e. The number of esters is 1. The van der Waals surface area contributed by atoms with E-state index in [0.29, 0.717) is 5.69 Å². The largest absolute Gasteiger partial charge is 0.464 e. The van der Waals surface area contributed by atoms with E-state index < -0.39 is 11.8 Å². The number of carbonyl (C=O) groups is 1. The molecule has 2 rings (SSSR count). The summed E-state index contributed by atoms with van der Waals surface area (Å²) in [6.45, 7) is 1.67. The molecule has 0 atom stereocenters. The number of nitrogens with zero attached hydrogens (tertiary/aromatic N) is 2. The number of aromatic amines is 1. The van der Waals surface area contributed by atoms with Gasteiger partial charge < -0.3 is 9.72 Å². The highest BCUT2D eigenvalue weighted by Gasteiger charge is 2.17. The fourth-order valence-electron chi connectivity index (χ4n) is 1.45. The fourth-order valence-corrected chi connectivity index (χ4v) is 1.45. The van der Waals surface area contributed by atoms with Crippen molar-refractivity contribution in [2.45, 2.75) is 6.92 Å². The zero-order valence-corrected chi connectivity index (χ0v) is 9.32. The van der Waals surface area contributed by atoms with E-state index in [-0.39, 0.29) is 17.1 Å². The van der Waals surface area contributed by atoms with Gasteiger partial charge in [0.25, 0.3) is 0 Å². The molecule has 6 heteroatoms. The number of aryl methyl sites for hydroxylation is 1. The second-order valence-corrected chi connectivity index (χ2v) is 3.41. The summed E-state index contributed by atoms with van der Waals surface area (Å²) in [5.41, 5.74) is 0.944. The standard InChI is InChI=1S/C11H10FN3O2/c1-6-9(11(16)17-2)15-10(14-6)7-3-4-13-5-8(7)12/h3-5H,1-2H3,(H,14,15). The number of rotatable bonds is 2. The van der Waals surface area contributed by atoms with Gasteiger partial charge in [-0.25, -0.2) is 14.2 Å². The lowest BCUT2D eigenvalue weighted by atomic mass is 10.2. The van der Waals surface area contributed by atoms with Crippen molar-refractivity contribution in [1.29, 1.82) is 0 Å². The Bertz CT molecular complexity index is 566. The normalized spacial score (nSPS) is 10.3. The quantitative estimate of drug-likeness (QED) is 0.804. The summed E-state index contributed by atoms with van der Waals surface area (Å²) in [7, 11) is 1.27. The van der Waals surface area contributed by atoms with Crippen LogP contribution in [0.2, 0.25) is 0 Å². The number of hydrogen-bond donors (Lipinski definition) is 1. The predicted octanol–water partition coefficient (Wildman–Crippen LogP) is 1.71. The molecular weight excluding hydrogens is 225 g/mol. The molecule has 0 fully saturated rings. The van der Waals surface area contributed by atoms with E-state index in [1.54, 1.807) is 6.92 Å². The minimum Gasteiger partial charge on any atom is -0.464 e. The lowest BCUT2D eigenvalue weighted by Gasteiger charge is -1.96. The summed E-state index contributed by atoms with van der Waals surface area (Å²) in [6.07, 6.45) is 2.54. The third kappa shape index (κ3) is 2.01. The molecule has 0 unspecified atom stereocenters. The Kier molecular flexibility index (Phi) is 2.86. The van der Waals surface area contributed by atoms with Crippen LogP contribution >= 0.6 is 0 Å². The Hall–Kier alpha value is -2.24. The van der Waals surface area contributed by atoms with Gasteiger partial charge in [-0.1, -0.05) is 0 Å². The first kappa shape index (κ1) is 11.3. The molecule has 5 nitrogen and oxygen atoms in total. The molecule has 0 bridgehead atoms. The number of halogens is 1. The van der Waals surface area contributed by atoms with Gasteiger partial charge in [0.1, 0.15) is 5.82 Å². The minimum atomic E-state index is -0.556. The zero-order valence-electron chi connectivity index (χ0n) is 9.32. The van der Waals surface area contributed by atoms with Crippen molar-refractivity contribution in [3.8, 4) is 11.4 Å². The summed E-state index contributed by atoms with van der Waals surface area (Å²) in [5.74, 6) is -0.778. The average Bonchev–Trinajstić information content (AvgIpc) is 2.71. The Morgan fingerprint density at radius 2 is 2.29 bits per heavy atom. The van der Waals surface area contributed by atoms with Gasteiger partial charge >= 0.3 is 5.97 Å². The Labute approximate surface area is 96.7 Å². The van der Waals surface area contributed by atoms with Crippen LogP contribution in [-0.2, 0) is 4.74 Å². The van der Waals surface area contributed by atoms with Crippen LogP contribution in [0.4, 0.5) is 4.39 Å². The molecule has 2 aromatic heterocycles. The van der Waals surface area contributed by atoms with E-state index in [4.69, 9.17) is 0 Å². The van der Waals surface area contributed by atoms with Gasteiger partial charge in [0.15, 0.2) is 11.5 Å². The van der Waals surface area contributed by atoms with Crippen molar-refractivity contribution < 1.29 is 13.9 Å². The van der Waals surface area contributed by atoms with Crippen molar-refractivity contribution in [3.05, 3.63) is 35.7 Å². The van der Waals surface area contributed by atoms with E-state index in [0.717, 1.165) is 6.20 Å². The molecule has 0 saturated heterocycles. The molecule has 0 aliphatic carbocycles. The van der Waals surface area contributed by atoms with Gasteiger partial charge in [-0.15, -0.1) is 0 Å². The number of methoxy groups -OCH3 is 1. The molecule has 0 spiro atoms. The maximum atomic E-state index is 13.5. The van der Waals surface area contributed by atoms with Gasteiger partial charge in [-0.3, -0.25) is 4.98 Å². The van der Waals surface area contributed by atoms with Crippen LogP contribution in [-0.4, -0.2) is 28.0 Å². The topological polar surface area (TPSA) is 67.9 Å². The first-order valence-electron chi connectivity index (χ1n) is 4.88. The molecule has 0 saturated carbocycles. The van der Waals surface area contributed by atoms with Crippen LogP contribution in [0.25, 0.3) is 11.4 Å². The lowest BCUT2D eigenvalue weighted by molar-refractivity contribution is 0.0594. The molecule has 2 aromatic rings. The van der Waals surface area contributed by atoms with Crippen molar-refractivity contribution in [3.63, 3.8) is 0 Å². The molecular formula is C11H10FN3O2. The van der Waals surface area contributed by atoms with Gasteiger partial charge in [0, 0.05) is 11.9 Å². The number of pyridine rings is 1. The summed E-state index contributed by atoms with van der Waals surface area (Å²) >= 11 is 0. The molecule has 17 heavy (non-hydrogen) atoms. The van der Waals surface area contributed by atoms with Crippen molar-refractivity contribution in [2.24, 2.45) is 0 Å². The first-order chi connectivity index (χ1) is 8.13. The lowest BCUT2D eigenvalue weighted by Crippen LogP contribution is -2.03. The summed E-state index contributed by atoms with van der Waals surface area (Å²) in [6, 6.07) is 1.48. The number of aromatic nitrogens is 3. The number of imidazole rings is 1. The first-order valence-corrected chi connectivity index (χ1v) is 4.88. The molecule has 0 aliphatic heterocycles. The average molecular weight is 235 g/mol. The zero-order chi connectivity index (χ0) is 12.4. The van der Waals surface area contributed by atoms with Gasteiger partial charge in [0.2, 0.25) is 0 Å². The van der Waals surface area contributed by atoms with Crippen molar-refractivity contribution in [1.82, 2.24) is 15.0 Å². The molecule has 0 aromatic carbocycles. The number of H-pyrrole nitrogens is 1. The number of nitrogens with one attached hydrogen (secondary N) is 1. The number of carbonyl (C=O) groups excluding carboxylic acids is 1. The Morgan fingerprint density at radius 1 is 1.53 bits per heavy atom. The summed E-state index contributed by atoms with van der Waals surface area (Å²) in [5, 5.41) is 0. The molecule has 2 heterocycles. The van der Waals surface area contributed by atoms with E-state index in [1.165, 1.54) is 19.4 Å². The van der Waals surface area contributed by atoms with Crippen molar-refractivity contribution in [2.75, 3.05) is 7.11 Å². The number of ether oxygens (including phenoxy) is 1. The highest BCUT2D eigenvalue weighted by molar-refractivity contribution is 5.89. The maximum Gasteiger partial charge on any atom is 0.358 e. The second kappa shape index (κ2) is 4.32. The fraction of sp³-hybridized carbons (Fsp3) is 0.182. The minimum absolute atomic E-state index is 0.152. The van der Waals surface area contributed by atoms with Gasteiger partial charge in [-0.05, 0) is 13.0 Å². The van der Waals surface area contributed by atoms with Gasteiger partial charge in [0.05, 0.1) is 18.9 Å². The summed E-state index contributed by atoms with van der Waals surface area (Å²) < 4.78 is 18.0. The van der Waals surface area contributed by atoms with Crippen LogP contribution in [0.3, 0.4) is 0 Å². The van der Waals surface area contributed by atoms with E-state index in [9.17, 15) is 9.18 Å². The van der Waals surface area contributed by atoms with E-state index in [1.807, 2.05) is 0 Å². The number of hydrogen-bond acceptors (Lipinski definition) is 4. The molecule has 88 valence electrons. The maximum absolute atomic E-state index is 13.5. The van der Waals surface area contributed by atoms with Gasteiger partial charge in [-0.2, -0.15) is 0 Å². The van der Waals surface area contributed by atoms with Crippen LogP contribution in [0.5, 0.6) is 0 Å². The highest BCUT2D eigenvalue weighted by atomic mass is 19.1. The molecule has 1 N–H and O–H groups in total. The summed E-state index contributed by atoms with van der Waals surface area (Å²) in [4.78, 5) is 21.8. The highest BCUT2D eigenvalue weighted by Crippen LogP contribution is 2.20. The Morgan fingerprint density at radius 3 is 2.94 bits per heavy atom. The Balaban J connectivity index is 2.49. The van der Waals surface area contributed by atoms with Crippen molar-refractivity contribution >= 4 is 5.97 Å². The monoisotopic (exact) mass is 235 g/mol. The molecule has 0 amide bonds. The van der Waals surface area contributed by atoms with Crippen LogP contribution in [0.1, 0.15) is 16.2 Å². The predicted molar refractivity (Wildman–Crippen MR) is 57.9 cm³/mol. The second-order valence-electron chi connectivity index (χ2n) is 3.41. The van der Waals surface area contributed by atoms with Crippen LogP contribution < -0.4 is 0 Å². The van der Waals surface area contributed by atoms with E-state index in [2.05, 4.69) is 19.7 Å². The third-order valence-corrected chi connectivity index (χ3v) is 2.29. The molecule has 0 radical (unpaired) electrons. The van der Waals surface area contributed by atoms with Crippen LogP contribution in [0.15, 0.2) is 18.5 Å². The van der Waals surface area contributed by atoms with Crippen LogP contribution in [0, 0.1) is 12.7 Å². The molecule has 0 aliphatic rings. The third-order valence-electron chi connectivity index (χ3n) is 2.29. The SMILES string of the molecule is COC(=O)c1nc(-c2ccncc2F)[nH]c1C.